The smallest absolute Gasteiger partial charge is 0.339 e. The minimum Gasteiger partial charge on any atom is -0.465 e. The van der Waals surface area contributed by atoms with Gasteiger partial charge in [-0.25, -0.2) is 9.78 Å². The van der Waals surface area contributed by atoms with Gasteiger partial charge in [0.15, 0.2) is 0 Å². The van der Waals surface area contributed by atoms with Crippen molar-refractivity contribution in [3.8, 4) is 0 Å². The average Bonchev–Trinajstić information content (AvgIpc) is 2.51. The fourth-order valence-corrected chi connectivity index (χ4v) is 1.74. The van der Waals surface area contributed by atoms with Gasteiger partial charge in [-0.3, -0.25) is 0 Å². The van der Waals surface area contributed by atoms with Crippen LogP contribution in [0.15, 0.2) is 12.3 Å². The molecule has 0 atom stereocenters. The largest absolute Gasteiger partial charge is 0.465 e. The van der Waals surface area contributed by atoms with Gasteiger partial charge in [-0.15, -0.1) is 0 Å². The lowest BCUT2D eigenvalue weighted by Gasteiger charge is -2.07. The number of rotatable bonds is 1. The highest BCUT2D eigenvalue weighted by Crippen LogP contribution is 2.20. The number of anilines is 1. The van der Waals surface area contributed by atoms with E-state index in [1.807, 2.05) is 6.07 Å². The first-order valence-electron chi connectivity index (χ1n) is 5.12. The molecule has 0 radical (unpaired) electrons. The fraction of sp³-hybridized carbons (Fsp3) is 0.455. The van der Waals surface area contributed by atoms with E-state index in [1.165, 1.54) is 7.11 Å². The number of aromatic nitrogens is 1. The lowest BCUT2D eigenvalue weighted by Crippen LogP contribution is -2.06. The monoisotopic (exact) mass is 206 g/mol. The molecule has 1 aromatic heterocycles. The van der Waals surface area contributed by atoms with Gasteiger partial charge in [0.2, 0.25) is 0 Å². The molecule has 2 heterocycles. The number of carbonyl (C=O) groups is 1. The lowest BCUT2D eigenvalue weighted by atomic mass is 10.1. The van der Waals surface area contributed by atoms with Gasteiger partial charge in [-0.2, -0.15) is 0 Å². The van der Waals surface area contributed by atoms with Crippen molar-refractivity contribution in [3.63, 3.8) is 0 Å². The Labute approximate surface area is 88.7 Å². The Balaban J connectivity index is 2.31. The zero-order chi connectivity index (χ0) is 10.7. The molecular weight excluding hydrogens is 192 g/mol. The summed E-state index contributed by atoms with van der Waals surface area (Å²) in [6.07, 6.45) is 4.80. The molecule has 4 nitrogen and oxygen atoms in total. The maximum Gasteiger partial charge on any atom is 0.339 e. The molecule has 0 spiro atoms. The molecule has 1 aliphatic heterocycles. The molecule has 1 N–H and O–H groups in total. The molecule has 0 aromatic carbocycles. The maximum absolute atomic E-state index is 11.3. The number of fused-ring (bicyclic) bond motifs is 1. The van der Waals surface area contributed by atoms with Gasteiger partial charge >= 0.3 is 5.97 Å². The van der Waals surface area contributed by atoms with E-state index < -0.39 is 0 Å². The summed E-state index contributed by atoms with van der Waals surface area (Å²) in [5, 5.41) is 3.25. The van der Waals surface area contributed by atoms with Gasteiger partial charge in [0.1, 0.15) is 5.82 Å². The SMILES string of the molecule is COC(=O)c1cnc2c(c1)CCCCN2. The van der Waals surface area contributed by atoms with Crippen LogP contribution in [-0.4, -0.2) is 24.6 Å². The van der Waals surface area contributed by atoms with Gasteiger partial charge in [-0.05, 0) is 30.9 Å². The molecule has 0 saturated heterocycles. The number of nitrogens with one attached hydrogen (secondary N) is 1. The van der Waals surface area contributed by atoms with E-state index in [9.17, 15) is 4.79 Å². The van der Waals surface area contributed by atoms with Gasteiger partial charge in [0.05, 0.1) is 12.7 Å². The molecule has 80 valence electrons. The standard InChI is InChI=1S/C11H14N2O2/c1-15-11(14)9-6-8-4-2-3-5-12-10(8)13-7-9/h6-7H,2-5H2,1H3,(H,12,13). The highest BCUT2D eigenvalue weighted by atomic mass is 16.5. The molecule has 0 bridgehead atoms. The van der Waals surface area contributed by atoms with E-state index in [1.54, 1.807) is 6.20 Å². The van der Waals surface area contributed by atoms with Crippen LogP contribution in [0.5, 0.6) is 0 Å². The van der Waals surface area contributed by atoms with Crippen LogP contribution in [0.25, 0.3) is 0 Å². The van der Waals surface area contributed by atoms with Crippen LogP contribution in [0.1, 0.15) is 28.8 Å². The van der Waals surface area contributed by atoms with E-state index in [4.69, 9.17) is 0 Å². The molecule has 1 aromatic rings. The normalized spacial score (nSPS) is 14.7. The minimum absolute atomic E-state index is 0.324. The minimum atomic E-state index is -0.324. The van der Waals surface area contributed by atoms with Crippen molar-refractivity contribution >= 4 is 11.8 Å². The van der Waals surface area contributed by atoms with Crippen molar-refractivity contribution in [3.05, 3.63) is 23.4 Å². The number of esters is 1. The second-order valence-corrected chi connectivity index (χ2v) is 3.61. The van der Waals surface area contributed by atoms with Crippen molar-refractivity contribution in [2.45, 2.75) is 19.3 Å². The van der Waals surface area contributed by atoms with Gasteiger partial charge < -0.3 is 10.1 Å². The molecule has 0 amide bonds. The van der Waals surface area contributed by atoms with Crippen molar-refractivity contribution in [1.29, 1.82) is 0 Å². The molecule has 15 heavy (non-hydrogen) atoms. The predicted molar refractivity (Wildman–Crippen MR) is 57.0 cm³/mol. The van der Waals surface area contributed by atoms with Crippen LogP contribution < -0.4 is 5.32 Å². The van der Waals surface area contributed by atoms with Crippen LogP contribution in [-0.2, 0) is 11.2 Å². The fourth-order valence-electron chi connectivity index (χ4n) is 1.74. The summed E-state index contributed by atoms with van der Waals surface area (Å²) in [4.78, 5) is 15.5. The number of nitrogens with zero attached hydrogens (tertiary/aromatic N) is 1. The van der Waals surface area contributed by atoms with E-state index in [-0.39, 0.29) is 5.97 Å². The van der Waals surface area contributed by atoms with Crippen molar-refractivity contribution in [2.75, 3.05) is 19.0 Å². The van der Waals surface area contributed by atoms with Crippen molar-refractivity contribution < 1.29 is 9.53 Å². The topological polar surface area (TPSA) is 51.2 Å². The molecular formula is C11H14N2O2. The Kier molecular flexibility index (Phi) is 2.85. The van der Waals surface area contributed by atoms with Crippen LogP contribution in [0.4, 0.5) is 5.82 Å². The highest BCUT2D eigenvalue weighted by molar-refractivity contribution is 5.89. The third kappa shape index (κ3) is 2.09. The summed E-state index contributed by atoms with van der Waals surface area (Å²) in [5.74, 6) is 0.578. The number of carbonyl (C=O) groups excluding carboxylic acids is 1. The van der Waals surface area contributed by atoms with Gasteiger partial charge in [-0.1, -0.05) is 0 Å². The summed E-state index contributed by atoms with van der Waals surface area (Å²) in [6, 6.07) is 1.87. The summed E-state index contributed by atoms with van der Waals surface area (Å²) >= 11 is 0. The van der Waals surface area contributed by atoms with Gasteiger partial charge in [0, 0.05) is 12.7 Å². The lowest BCUT2D eigenvalue weighted by molar-refractivity contribution is 0.0600. The first kappa shape index (κ1) is 9.96. The number of methoxy groups -OCH3 is 1. The summed E-state index contributed by atoms with van der Waals surface area (Å²) < 4.78 is 4.66. The molecule has 0 fully saturated rings. The Morgan fingerprint density at radius 1 is 1.53 bits per heavy atom. The maximum atomic E-state index is 11.3. The quantitative estimate of drug-likeness (QED) is 0.709. The molecule has 1 aliphatic rings. The second kappa shape index (κ2) is 4.29. The zero-order valence-corrected chi connectivity index (χ0v) is 8.75. The predicted octanol–water partition coefficient (Wildman–Crippen LogP) is 1.62. The van der Waals surface area contributed by atoms with Crippen LogP contribution >= 0.6 is 0 Å². The average molecular weight is 206 g/mol. The third-order valence-electron chi connectivity index (χ3n) is 2.55. The number of ether oxygens (including phenoxy) is 1. The van der Waals surface area contributed by atoms with Gasteiger partial charge in [0.25, 0.3) is 0 Å². The molecule has 0 unspecified atom stereocenters. The van der Waals surface area contributed by atoms with E-state index in [2.05, 4.69) is 15.0 Å². The first-order chi connectivity index (χ1) is 7.31. The van der Waals surface area contributed by atoms with Crippen LogP contribution in [0, 0.1) is 0 Å². The first-order valence-corrected chi connectivity index (χ1v) is 5.12. The summed E-state index contributed by atoms with van der Waals surface area (Å²) in [5.41, 5.74) is 1.63. The zero-order valence-electron chi connectivity index (χ0n) is 8.75. The van der Waals surface area contributed by atoms with E-state index in [0.29, 0.717) is 5.56 Å². The summed E-state index contributed by atoms with van der Waals surface area (Å²) in [6.45, 7) is 0.956. The second-order valence-electron chi connectivity index (χ2n) is 3.61. The Hall–Kier alpha value is -1.58. The van der Waals surface area contributed by atoms with E-state index >= 15 is 0 Å². The van der Waals surface area contributed by atoms with Crippen molar-refractivity contribution in [2.24, 2.45) is 0 Å². The van der Waals surface area contributed by atoms with Crippen LogP contribution in [0.3, 0.4) is 0 Å². The highest BCUT2D eigenvalue weighted by Gasteiger charge is 2.12. The molecule has 0 aliphatic carbocycles. The third-order valence-corrected chi connectivity index (χ3v) is 2.55. The molecule has 4 heteroatoms. The molecule has 2 rings (SSSR count). The Bertz CT molecular complexity index is 377. The number of hydrogen-bond acceptors (Lipinski definition) is 4. The van der Waals surface area contributed by atoms with E-state index in [0.717, 1.165) is 37.2 Å². The summed E-state index contributed by atoms with van der Waals surface area (Å²) in [7, 11) is 1.38. The number of aryl methyl sites for hydroxylation is 1. The number of pyridine rings is 1. The van der Waals surface area contributed by atoms with Crippen molar-refractivity contribution in [1.82, 2.24) is 4.98 Å². The number of hydrogen-bond donors (Lipinski definition) is 1. The Morgan fingerprint density at radius 2 is 2.40 bits per heavy atom. The van der Waals surface area contributed by atoms with Crippen LogP contribution in [0.2, 0.25) is 0 Å². The Morgan fingerprint density at radius 3 is 3.20 bits per heavy atom. The molecule has 0 saturated carbocycles.